The van der Waals surface area contributed by atoms with E-state index in [2.05, 4.69) is 4.98 Å². The van der Waals surface area contributed by atoms with Crippen molar-refractivity contribution in [2.24, 2.45) is 0 Å². The Bertz CT molecular complexity index is 1200. The second-order valence-corrected chi connectivity index (χ2v) is 7.10. The lowest BCUT2D eigenvalue weighted by Crippen LogP contribution is -2.08. The second-order valence-electron chi connectivity index (χ2n) is 7.10. The first-order valence-corrected chi connectivity index (χ1v) is 10.2. The molecule has 172 valence electrons. The zero-order valence-electron chi connectivity index (χ0n) is 18.6. The third-order valence-corrected chi connectivity index (χ3v) is 4.81. The molecule has 0 fully saturated rings. The van der Waals surface area contributed by atoms with Crippen LogP contribution in [0.4, 0.5) is 0 Å². The summed E-state index contributed by atoms with van der Waals surface area (Å²) in [4.78, 5) is 29.9. The Labute approximate surface area is 196 Å². The number of phenolic OH excluding ortho intramolecular Hbond substituents is 2. The van der Waals surface area contributed by atoms with Crippen molar-refractivity contribution in [2.45, 2.75) is 0 Å². The van der Waals surface area contributed by atoms with Crippen LogP contribution in [0.25, 0.3) is 18.2 Å². The van der Waals surface area contributed by atoms with E-state index in [1.54, 1.807) is 48.8 Å². The van der Waals surface area contributed by atoms with E-state index in [9.17, 15) is 19.8 Å². The fourth-order valence-electron chi connectivity index (χ4n) is 3.01. The van der Waals surface area contributed by atoms with Crippen molar-refractivity contribution < 1.29 is 29.3 Å². The summed E-state index contributed by atoms with van der Waals surface area (Å²) in [5.74, 6) is -0.495. The summed E-state index contributed by atoms with van der Waals surface area (Å²) in [6.45, 7) is 0. The summed E-state index contributed by atoms with van der Waals surface area (Å²) in [7, 11) is 2.86. The van der Waals surface area contributed by atoms with E-state index in [0.29, 0.717) is 16.7 Å². The number of rotatable bonds is 9. The number of hydrogen-bond donors (Lipinski definition) is 2. The van der Waals surface area contributed by atoms with Gasteiger partial charge in [0.2, 0.25) is 0 Å². The Balaban J connectivity index is 1.90. The SMILES string of the molecule is COc1cc(/C=C/C(=O)C(=Cc2ccncc2)C(=O)/C=C/c2ccc(O)c(OC)c2)ccc1O. The number of allylic oxidation sites excluding steroid dienone is 3. The molecule has 3 rings (SSSR count). The maximum absolute atomic E-state index is 13.0. The zero-order valence-corrected chi connectivity index (χ0v) is 18.6. The summed E-state index contributed by atoms with van der Waals surface area (Å²) in [6.07, 6.45) is 10.3. The standard InChI is InChI=1S/C27H23NO6/c1-33-26-16-18(5-9-24(26)31)3-7-22(29)21(15-20-11-13-28-14-12-20)23(30)8-4-19-6-10-25(32)27(17-19)34-2/h3-17,31-32H,1-2H3/b7-3+,8-4+. The number of ketones is 2. The van der Waals surface area contributed by atoms with Gasteiger partial charge >= 0.3 is 0 Å². The molecule has 2 aromatic carbocycles. The highest BCUT2D eigenvalue weighted by molar-refractivity contribution is 6.31. The van der Waals surface area contributed by atoms with E-state index in [4.69, 9.17) is 9.47 Å². The lowest BCUT2D eigenvalue weighted by Gasteiger charge is -2.05. The molecule has 0 aliphatic carbocycles. The molecule has 2 N–H and O–H groups in total. The number of ether oxygens (including phenoxy) is 2. The smallest absolute Gasteiger partial charge is 0.189 e. The number of methoxy groups -OCH3 is 2. The van der Waals surface area contributed by atoms with Crippen molar-refractivity contribution in [1.29, 1.82) is 0 Å². The van der Waals surface area contributed by atoms with Crippen LogP contribution in [0.5, 0.6) is 23.0 Å². The zero-order chi connectivity index (χ0) is 24.5. The lowest BCUT2D eigenvalue weighted by molar-refractivity contribution is -0.116. The molecule has 0 spiro atoms. The van der Waals surface area contributed by atoms with E-state index < -0.39 is 11.6 Å². The third-order valence-electron chi connectivity index (χ3n) is 4.81. The molecule has 3 aromatic rings. The van der Waals surface area contributed by atoms with E-state index in [0.717, 1.165) is 0 Å². The molecule has 0 radical (unpaired) electrons. The minimum Gasteiger partial charge on any atom is -0.504 e. The van der Waals surface area contributed by atoms with Crippen molar-refractivity contribution in [3.63, 3.8) is 0 Å². The first kappa shape index (κ1) is 24.0. The minimum atomic E-state index is -0.498. The Hall–Kier alpha value is -4.65. The molecule has 0 unspecified atom stereocenters. The maximum atomic E-state index is 13.0. The molecule has 0 saturated heterocycles. The van der Waals surface area contributed by atoms with E-state index in [1.807, 2.05) is 0 Å². The number of phenols is 2. The highest BCUT2D eigenvalue weighted by Crippen LogP contribution is 2.28. The van der Waals surface area contributed by atoms with Crippen LogP contribution in [-0.4, -0.2) is 41.0 Å². The summed E-state index contributed by atoms with van der Waals surface area (Å²) < 4.78 is 10.2. The minimum absolute atomic E-state index is 0.0181. The van der Waals surface area contributed by atoms with Gasteiger partial charge in [-0.3, -0.25) is 14.6 Å². The Morgan fingerprint density at radius 2 is 1.21 bits per heavy atom. The van der Waals surface area contributed by atoms with Crippen molar-refractivity contribution in [1.82, 2.24) is 4.98 Å². The lowest BCUT2D eigenvalue weighted by atomic mass is 10.0. The van der Waals surface area contributed by atoms with Gasteiger partial charge in [0.25, 0.3) is 0 Å². The average Bonchev–Trinajstić information content (AvgIpc) is 2.86. The highest BCUT2D eigenvalue weighted by Gasteiger charge is 2.14. The Morgan fingerprint density at radius 3 is 1.65 bits per heavy atom. The number of aromatic hydroxyl groups is 2. The first-order chi connectivity index (χ1) is 16.4. The number of carbonyl (C=O) groups excluding carboxylic acids is 2. The van der Waals surface area contributed by atoms with Crippen LogP contribution in [0.3, 0.4) is 0 Å². The van der Waals surface area contributed by atoms with Gasteiger partial charge in [-0.1, -0.05) is 24.3 Å². The molecule has 0 amide bonds. The summed E-state index contributed by atoms with van der Waals surface area (Å²) in [5.41, 5.74) is 1.83. The Morgan fingerprint density at radius 1 is 0.735 bits per heavy atom. The highest BCUT2D eigenvalue weighted by atomic mass is 16.5. The van der Waals surface area contributed by atoms with E-state index in [1.165, 1.54) is 56.7 Å². The molecule has 1 aromatic heterocycles. The van der Waals surface area contributed by atoms with E-state index in [-0.39, 0.29) is 28.6 Å². The fraction of sp³-hybridized carbons (Fsp3) is 0.0741. The predicted octanol–water partition coefficient (Wildman–Crippen LogP) is 4.46. The van der Waals surface area contributed by atoms with Crippen LogP contribution in [0.15, 0.2) is 78.6 Å². The van der Waals surface area contributed by atoms with Crippen LogP contribution in [0.1, 0.15) is 16.7 Å². The van der Waals surface area contributed by atoms with Crippen LogP contribution in [0.2, 0.25) is 0 Å². The monoisotopic (exact) mass is 457 g/mol. The predicted molar refractivity (Wildman–Crippen MR) is 130 cm³/mol. The normalized spacial score (nSPS) is 10.9. The van der Waals surface area contributed by atoms with Gasteiger partial charge in [0.15, 0.2) is 34.6 Å². The first-order valence-electron chi connectivity index (χ1n) is 10.2. The van der Waals surface area contributed by atoms with Crippen LogP contribution < -0.4 is 9.47 Å². The molecule has 1 heterocycles. The van der Waals surface area contributed by atoms with Crippen LogP contribution >= 0.6 is 0 Å². The van der Waals surface area contributed by atoms with E-state index >= 15 is 0 Å². The van der Waals surface area contributed by atoms with Gasteiger partial charge in [-0.15, -0.1) is 0 Å². The van der Waals surface area contributed by atoms with Crippen LogP contribution in [-0.2, 0) is 9.59 Å². The van der Waals surface area contributed by atoms with Gasteiger partial charge in [-0.05, 0) is 71.3 Å². The molecule has 0 atom stereocenters. The summed E-state index contributed by atoms with van der Waals surface area (Å²) >= 11 is 0. The van der Waals surface area contributed by atoms with Gasteiger partial charge in [0.1, 0.15) is 0 Å². The number of pyridine rings is 1. The molecule has 34 heavy (non-hydrogen) atoms. The number of hydrogen-bond acceptors (Lipinski definition) is 7. The molecule has 0 aliphatic heterocycles. The topological polar surface area (TPSA) is 106 Å². The summed E-state index contributed by atoms with van der Waals surface area (Å²) in [6, 6.07) is 12.7. The molecular formula is C27H23NO6. The molecule has 7 nitrogen and oxygen atoms in total. The van der Waals surface area contributed by atoms with Crippen molar-refractivity contribution in [3.05, 3.63) is 95.3 Å². The molecule has 7 heteroatoms. The van der Waals surface area contributed by atoms with Crippen molar-refractivity contribution >= 4 is 29.8 Å². The quantitative estimate of drug-likeness (QED) is 0.278. The number of carbonyl (C=O) groups is 2. The number of aromatic nitrogens is 1. The Kier molecular flexibility index (Phi) is 7.97. The fourth-order valence-corrected chi connectivity index (χ4v) is 3.01. The van der Waals surface area contributed by atoms with Crippen molar-refractivity contribution in [3.8, 4) is 23.0 Å². The van der Waals surface area contributed by atoms with Gasteiger partial charge in [-0.2, -0.15) is 0 Å². The average molecular weight is 457 g/mol. The number of nitrogens with zero attached hydrogens (tertiary/aromatic N) is 1. The maximum Gasteiger partial charge on any atom is 0.189 e. The van der Waals surface area contributed by atoms with Gasteiger partial charge < -0.3 is 19.7 Å². The molecular weight excluding hydrogens is 434 g/mol. The molecule has 0 aliphatic rings. The number of benzene rings is 2. The molecule has 0 saturated carbocycles. The largest absolute Gasteiger partial charge is 0.504 e. The van der Waals surface area contributed by atoms with Gasteiger partial charge in [-0.25, -0.2) is 0 Å². The third kappa shape index (κ3) is 6.20. The second kappa shape index (κ2) is 11.3. The summed E-state index contributed by atoms with van der Waals surface area (Å²) in [5, 5.41) is 19.5. The van der Waals surface area contributed by atoms with Gasteiger partial charge in [0, 0.05) is 12.4 Å². The van der Waals surface area contributed by atoms with Crippen molar-refractivity contribution in [2.75, 3.05) is 14.2 Å². The van der Waals surface area contributed by atoms with Crippen LogP contribution in [0, 0.1) is 0 Å². The molecule has 0 bridgehead atoms. The van der Waals surface area contributed by atoms with Gasteiger partial charge in [0.05, 0.1) is 19.8 Å².